The number of thiophene rings is 1. The molecule has 17 heavy (non-hydrogen) atoms. The van der Waals surface area contributed by atoms with E-state index >= 15 is 0 Å². The molecule has 0 saturated carbocycles. The normalized spacial score (nSPS) is 20.3. The molecule has 1 aromatic rings. The van der Waals surface area contributed by atoms with Gasteiger partial charge >= 0.3 is 6.03 Å². The Bertz CT molecular complexity index is 475. The molecule has 0 fully saturated rings. The number of urea groups is 1. The van der Waals surface area contributed by atoms with Gasteiger partial charge in [0.05, 0.1) is 0 Å². The van der Waals surface area contributed by atoms with Crippen LogP contribution in [0.15, 0.2) is 15.5 Å². The van der Waals surface area contributed by atoms with Crippen LogP contribution in [0.3, 0.4) is 0 Å². The van der Waals surface area contributed by atoms with E-state index in [0.29, 0.717) is 5.84 Å². The third-order valence-electron chi connectivity index (χ3n) is 2.71. The number of carbonyl (C=O) groups is 1. The lowest BCUT2D eigenvalue weighted by molar-refractivity contribution is 0.191. The van der Waals surface area contributed by atoms with Crippen molar-refractivity contribution in [1.82, 2.24) is 4.90 Å². The summed E-state index contributed by atoms with van der Waals surface area (Å²) in [4.78, 5) is 19.6. The summed E-state index contributed by atoms with van der Waals surface area (Å²) in [5.41, 5.74) is 5.87. The van der Waals surface area contributed by atoms with E-state index in [2.05, 4.69) is 20.9 Å². The molecule has 1 aromatic heterocycles. The molecule has 1 unspecified atom stereocenters. The Balaban J connectivity index is 2.42. The molecule has 0 saturated heterocycles. The van der Waals surface area contributed by atoms with Crippen LogP contribution in [-0.4, -0.2) is 22.8 Å². The van der Waals surface area contributed by atoms with Crippen LogP contribution in [0.25, 0.3) is 0 Å². The SMILES string of the molecule is Cc1sc(C2C(N)=NC(=O)N2C(C)C)cc1Br. The number of aliphatic imine (C=N–C) groups is 1. The Labute approximate surface area is 113 Å². The first-order valence-electron chi connectivity index (χ1n) is 5.34. The molecule has 2 heterocycles. The molecule has 2 rings (SSSR count). The van der Waals surface area contributed by atoms with Crippen LogP contribution in [0.2, 0.25) is 0 Å². The molecule has 4 nitrogen and oxygen atoms in total. The zero-order valence-electron chi connectivity index (χ0n) is 9.90. The van der Waals surface area contributed by atoms with Gasteiger partial charge in [-0.2, -0.15) is 4.99 Å². The highest BCUT2D eigenvalue weighted by Crippen LogP contribution is 2.36. The highest BCUT2D eigenvalue weighted by Gasteiger charge is 2.37. The van der Waals surface area contributed by atoms with Gasteiger partial charge in [-0.25, -0.2) is 4.79 Å². The van der Waals surface area contributed by atoms with E-state index in [1.807, 2.05) is 26.8 Å². The second-order valence-corrected chi connectivity index (χ2v) is 6.42. The summed E-state index contributed by atoms with van der Waals surface area (Å²) in [7, 11) is 0. The number of amides is 2. The van der Waals surface area contributed by atoms with Gasteiger partial charge in [-0.05, 0) is 42.8 Å². The van der Waals surface area contributed by atoms with Crippen molar-refractivity contribution in [3.05, 3.63) is 20.3 Å². The van der Waals surface area contributed by atoms with Crippen molar-refractivity contribution in [1.29, 1.82) is 0 Å². The molecule has 1 atom stereocenters. The van der Waals surface area contributed by atoms with Gasteiger partial charge in [0.1, 0.15) is 11.9 Å². The fourth-order valence-corrected chi connectivity index (χ4v) is 3.57. The van der Waals surface area contributed by atoms with Crippen molar-refractivity contribution >= 4 is 39.1 Å². The van der Waals surface area contributed by atoms with Gasteiger partial charge < -0.3 is 10.6 Å². The molecular weight excluding hydrogens is 302 g/mol. The number of nitrogens with zero attached hydrogens (tertiary/aromatic N) is 2. The minimum atomic E-state index is -0.246. The third-order valence-corrected chi connectivity index (χ3v) is 4.90. The summed E-state index contributed by atoms with van der Waals surface area (Å²) in [5, 5.41) is 0. The fraction of sp³-hybridized carbons (Fsp3) is 0.455. The van der Waals surface area contributed by atoms with Gasteiger partial charge in [-0.1, -0.05) is 0 Å². The molecule has 92 valence electrons. The molecular formula is C11H14BrN3OS. The summed E-state index contributed by atoms with van der Waals surface area (Å²) in [6, 6.07) is 1.64. The summed E-state index contributed by atoms with van der Waals surface area (Å²) in [5.74, 6) is 0.387. The van der Waals surface area contributed by atoms with E-state index in [4.69, 9.17) is 5.73 Å². The summed E-state index contributed by atoms with van der Waals surface area (Å²) < 4.78 is 1.05. The maximum atomic E-state index is 11.8. The first kappa shape index (κ1) is 12.6. The van der Waals surface area contributed by atoms with E-state index in [-0.39, 0.29) is 18.1 Å². The number of hydrogen-bond acceptors (Lipinski definition) is 3. The van der Waals surface area contributed by atoms with E-state index < -0.39 is 0 Å². The summed E-state index contributed by atoms with van der Waals surface area (Å²) in [6.45, 7) is 5.96. The van der Waals surface area contributed by atoms with Crippen LogP contribution < -0.4 is 5.73 Å². The van der Waals surface area contributed by atoms with Crippen molar-refractivity contribution < 1.29 is 4.79 Å². The highest BCUT2D eigenvalue weighted by atomic mass is 79.9. The Morgan fingerprint density at radius 1 is 1.59 bits per heavy atom. The predicted molar refractivity (Wildman–Crippen MR) is 73.5 cm³/mol. The second kappa shape index (κ2) is 4.42. The largest absolute Gasteiger partial charge is 0.385 e. The van der Waals surface area contributed by atoms with Crippen molar-refractivity contribution in [2.24, 2.45) is 10.7 Å². The molecule has 2 N–H and O–H groups in total. The first-order valence-corrected chi connectivity index (χ1v) is 6.95. The number of aryl methyl sites for hydroxylation is 1. The topological polar surface area (TPSA) is 58.7 Å². The molecule has 0 bridgehead atoms. The van der Waals surface area contributed by atoms with Crippen molar-refractivity contribution in [2.75, 3.05) is 0 Å². The zero-order valence-corrected chi connectivity index (χ0v) is 12.3. The van der Waals surface area contributed by atoms with Gasteiger partial charge in [-0.3, -0.25) is 0 Å². The summed E-state index contributed by atoms with van der Waals surface area (Å²) in [6.07, 6.45) is 0. The quantitative estimate of drug-likeness (QED) is 0.911. The lowest BCUT2D eigenvalue weighted by atomic mass is 10.1. The van der Waals surface area contributed by atoms with Gasteiger partial charge in [0.15, 0.2) is 0 Å². The zero-order chi connectivity index (χ0) is 12.7. The van der Waals surface area contributed by atoms with Crippen LogP contribution in [0.4, 0.5) is 4.79 Å². The monoisotopic (exact) mass is 315 g/mol. The number of amidine groups is 1. The number of hydrogen-bond donors (Lipinski definition) is 1. The maximum Gasteiger partial charge on any atom is 0.346 e. The van der Waals surface area contributed by atoms with E-state index in [9.17, 15) is 4.79 Å². The first-order chi connectivity index (χ1) is 7.91. The highest BCUT2D eigenvalue weighted by molar-refractivity contribution is 9.10. The van der Waals surface area contributed by atoms with Crippen LogP contribution in [-0.2, 0) is 0 Å². The maximum absolute atomic E-state index is 11.8. The van der Waals surface area contributed by atoms with E-state index in [1.54, 1.807) is 16.2 Å². The predicted octanol–water partition coefficient (Wildman–Crippen LogP) is 3.06. The van der Waals surface area contributed by atoms with E-state index in [1.165, 1.54) is 4.88 Å². The van der Waals surface area contributed by atoms with Crippen LogP contribution >= 0.6 is 27.3 Å². The molecule has 1 aliphatic rings. The van der Waals surface area contributed by atoms with Gasteiger partial charge in [-0.15, -0.1) is 11.3 Å². The summed E-state index contributed by atoms with van der Waals surface area (Å²) >= 11 is 5.12. The Morgan fingerprint density at radius 3 is 2.71 bits per heavy atom. The van der Waals surface area contributed by atoms with Gasteiger partial charge in [0, 0.05) is 20.3 Å². The van der Waals surface area contributed by atoms with Gasteiger partial charge in [0.2, 0.25) is 0 Å². The van der Waals surface area contributed by atoms with Crippen molar-refractivity contribution in [3.63, 3.8) is 0 Å². The molecule has 0 aliphatic carbocycles. The molecule has 0 spiro atoms. The number of carbonyl (C=O) groups excluding carboxylic acids is 1. The average molecular weight is 316 g/mol. The standard InChI is InChI=1S/C11H14BrN3OS/c1-5(2)15-9(10(13)14-11(15)16)8-4-7(12)6(3)17-8/h4-5,9H,1-3H3,(H2,13,14,16). The minimum Gasteiger partial charge on any atom is -0.385 e. The average Bonchev–Trinajstić information content (AvgIpc) is 2.68. The number of nitrogens with two attached hydrogens (primary N) is 1. The van der Waals surface area contributed by atoms with Crippen LogP contribution in [0.1, 0.15) is 29.6 Å². The number of halogens is 1. The van der Waals surface area contributed by atoms with Crippen LogP contribution in [0.5, 0.6) is 0 Å². The Hall–Kier alpha value is -0.880. The molecule has 0 radical (unpaired) electrons. The van der Waals surface area contributed by atoms with Crippen molar-refractivity contribution in [3.8, 4) is 0 Å². The lowest BCUT2D eigenvalue weighted by Crippen LogP contribution is -2.37. The molecule has 6 heteroatoms. The third kappa shape index (κ3) is 2.11. The minimum absolute atomic E-state index is 0.0819. The lowest BCUT2D eigenvalue weighted by Gasteiger charge is -2.26. The smallest absolute Gasteiger partial charge is 0.346 e. The van der Waals surface area contributed by atoms with Crippen LogP contribution in [0, 0.1) is 6.92 Å². The Kier molecular flexibility index (Phi) is 3.27. The van der Waals surface area contributed by atoms with Gasteiger partial charge in [0.25, 0.3) is 0 Å². The molecule has 1 aliphatic heterocycles. The molecule has 2 amide bonds. The number of rotatable bonds is 2. The second-order valence-electron chi connectivity index (χ2n) is 4.28. The fourth-order valence-electron chi connectivity index (χ4n) is 1.90. The van der Waals surface area contributed by atoms with Crippen molar-refractivity contribution in [2.45, 2.75) is 32.9 Å². The van der Waals surface area contributed by atoms with E-state index in [0.717, 1.165) is 9.35 Å². The Morgan fingerprint density at radius 2 is 2.24 bits per heavy atom. The molecule has 0 aromatic carbocycles.